The van der Waals surface area contributed by atoms with Crippen molar-refractivity contribution in [2.75, 3.05) is 39.5 Å². The van der Waals surface area contributed by atoms with Gasteiger partial charge in [0.25, 0.3) is 0 Å². The lowest BCUT2D eigenvalue weighted by Gasteiger charge is -2.49. The number of nitrogens with two attached hydrogens (primary N) is 4. The molecule has 2 aliphatic heterocycles. The van der Waals surface area contributed by atoms with Crippen molar-refractivity contribution in [1.82, 2.24) is 10.6 Å². The zero-order chi connectivity index (χ0) is 29.4. The predicted octanol–water partition coefficient (Wildman–Crippen LogP) is -6.30. The lowest BCUT2D eigenvalue weighted by Crippen LogP contribution is -2.69. The molecule has 3 fully saturated rings. The van der Waals surface area contributed by atoms with Crippen molar-refractivity contribution in [1.29, 1.82) is 0 Å². The van der Waals surface area contributed by atoms with E-state index in [4.69, 9.17) is 41.9 Å². The quantitative estimate of drug-likeness (QED) is 0.0848. The van der Waals surface area contributed by atoms with E-state index < -0.39 is 99.2 Å². The highest BCUT2D eigenvalue weighted by Crippen LogP contribution is 2.31. The molecule has 236 valence electrons. The van der Waals surface area contributed by atoms with E-state index >= 15 is 0 Å². The van der Waals surface area contributed by atoms with Crippen molar-refractivity contribution >= 4 is 0 Å². The maximum Gasteiger partial charge on any atom is 0.186 e. The fourth-order valence-electron chi connectivity index (χ4n) is 5.41. The summed E-state index contributed by atoms with van der Waals surface area (Å²) in [5, 5.41) is 67.5. The summed E-state index contributed by atoms with van der Waals surface area (Å²) >= 11 is 0. The third kappa shape index (κ3) is 8.47. The van der Waals surface area contributed by atoms with E-state index in [1.54, 1.807) is 0 Å². The van der Waals surface area contributed by atoms with E-state index in [9.17, 15) is 30.6 Å². The maximum absolute atomic E-state index is 11.5. The van der Waals surface area contributed by atoms with Gasteiger partial charge < -0.3 is 83.2 Å². The fourth-order valence-corrected chi connectivity index (χ4v) is 5.41. The molecule has 1 aliphatic carbocycles. The molecule has 3 rings (SSSR count). The number of hydrogen-bond acceptors (Lipinski definition) is 16. The molecule has 0 aromatic carbocycles. The third-order valence-corrected chi connectivity index (χ3v) is 7.86. The third-order valence-electron chi connectivity index (χ3n) is 7.86. The van der Waals surface area contributed by atoms with Crippen LogP contribution in [0.4, 0.5) is 0 Å². The standard InChI is InChI=1S/C24H50N6O10/c25-4-1-5-29-7-12-2-3-13(26)23(37-12)39-21-14(27)6-15(30-11(8-31)9-32)22(20(21)36)40-24-19(35)17(28)18(34)16(10-33)38-24/h11-24,29-36H,1-10,25-28H2/t12-,13+,14-,15+,16+,17-,18+,19+,20-,21?,22-,23+,24+/m0/s1. The van der Waals surface area contributed by atoms with Gasteiger partial charge in [0.15, 0.2) is 12.6 Å². The second-order valence-electron chi connectivity index (χ2n) is 10.9. The van der Waals surface area contributed by atoms with Gasteiger partial charge in [0.05, 0.1) is 44.1 Å². The maximum atomic E-state index is 11.5. The molecule has 0 aromatic heterocycles. The van der Waals surface area contributed by atoms with E-state index in [1.807, 2.05) is 0 Å². The molecule has 13 atom stereocenters. The number of aliphatic hydroxyl groups is 6. The Morgan fingerprint density at radius 1 is 0.850 bits per heavy atom. The average molecular weight is 583 g/mol. The minimum atomic E-state index is -1.49. The zero-order valence-corrected chi connectivity index (χ0v) is 22.8. The first-order valence-electron chi connectivity index (χ1n) is 14.1. The van der Waals surface area contributed by atoms with Crippen LogP contribution in [-0.2, 0) is 18.9 Å². The van der Waals surface area contributed by atoms with Gasteiger partial charge in [0.2, 0.25) is 0 Å². The van der Waals surface area contributed by atoms with E-state index in [0.717, 1.165) is 19.4 Å². The number of aliphatic hydroxyl groups excluding tert-OH is 6. The first-order valence-corrected chi connectivity index (χ1v) is 14.1. The van der Waals surface area contributed by atoms with Crippen LogP contribution >= 0.6 is 0 Å². The minimum Gasteiger partial charge on any atom is -0.395 e. The molecule has 1 unspecified atom stereocenters. The molecule has 40 heavy (non-hydrogen) atoms. The van der Waals surface area contributed by atoms with Gasteiger partial charge in [0.1, 0.15) is 36.6 Å². The van der Waals surface area contributed by atoms with Gasteiger partial charge in [-0.15, -0.1) is 0 Å². The summed E-state index contributed by atoms with van der Waals surface area (Å²) < 4.78 is 23.9. The Morgan fingerprint density at radius 2 is 1.55 bits per heavy atom. The molecule has 0 aromatic rings. The van der Waals surface area contributed by atoms with Gasteiger partial charge >= 0.3 is 0 Å². The Labute approximate surface area is 234 Å². The topological polar surface area (TPSA) is 286 Å². The van der Waals surface area contributed by atoms with Crippen LogP contribution in [0.5, 0.6) is 0 Å². The summed E-state index contributed by atoms with van der Waals surface area (Å²) in [6, 6.07) is -3.85. The molecule has 16 N–H and O–H groups in total. The highest BCUT2D eigenvalue weighted by atomic mass is 16.7. The molecule has 0 amide bonds. The number of rotatable bonds is 14. The van der Waals surface area contributed by atoms with E-state index in [1.165, 1.54) is 0 Å². The zero-order valence-electron chi connectivity index (χ0n) is 22.8. The second kappa shape index (κ2) is 16.3. The van der Waals surface area contributed by atoms with Crippen molar-refractivity contribution < 1.29 is 49.6 Å². The highest BCUT2D eigenvalue weighted by molar-refractivity contribution is 5.02. The summed E-state index contributed by atoms with van der Waals surface area (Å²) in [6.07, 6.45) is -7.56. The van der Waals surface area contributed by atoms with Gasteiger partial charge in [-0.25, -0.2) is 0 Å². The van der Waals surface area contributed by atoms with Crippen molar-refractivity contribution in [3.8, 4) is 0 Å². The fraction of sp³-hybridized carbons (Fsp3) is 1.00. The Morgan fingerprint density at radius 3 is 2.20 bits per heavy atom. The van der Waals surface area contributed by atoms with Crippen LogP contribution in [-0.4, -0.2) is 156 Å². The van der Waals surface area contributed by atoms with Crippen LogP contribution in [0.25, 0.3) is 0 Å². The Balaban J connectivity index is 1.75. The van der Waals surface area contributed by atoms with Crippen LogP contribution in [0.2, 0.25) is 0 Å². The molecule has 1 saturated carbocycles. The molecular weight excluding hydrogens is 532 g/mol. The SMILES string of the molecule is NCCCNC[C@@H]1CC[C@@H](N)[C@@H](OC2[C@@H](N)C[C@@H](NC(CO)CO)[C@H](O[C@H]3O[C@H](CO)[C@@H](O)[C@H](N)[C@H]3O)[C@H]2O)O1. The molecule has 16 heteroatoms. The normalized spacial score (nSPS) is 42.8. The monoisotopic (exact) mass is 582 g/mol. The van der Waals surface area contributed by atoms with Crippen LogP contribution < -0.4 is 33.6 Å². The molecular formula is C24H50N6O10. The lowest BCUT2D eigenvalue weighted by atomic mass is 9.83. The van der Waals surface area contributed by atoms with Crippen LogP contribution in [0.3, 0.4) is 0 Å². The number of ether oxygens (including phenoxy) is 4. The molecule has 0 radical (unpaired) electrons. The largest absolute Gasteiger partial charge is 0.395 e. The van der Waals surface area contributed by atoms with E-state index in [0.29, 0.717) is 19.5 Å². The van der Waals surface area contributed by atoms with Crippen LogP contribution in [0.1, 0.15) is 25.7 Å². The molecule has 16 nitrogen and oxygen atoms in total. The summed E-state index contributed by atoms with van der Waals surface area (Å²) in [4.78, 5) is 0. The van der Waals surface area contributed by atoms with Gasteiger partial charge in [-0.3, -0.25) is 0 Å². The molecule has 2 saturated heterocycles. The smallest absolute Gasteiger partial charge is 0.186 e. The lowest BCUT2D eigenvalue weighted by molar-refractivity contribution is -0.314. The van der Waals surface area contributed by atoms with Gasteiger partial charge in [-0.1, -0.05) is 0 Å². The summed E-state index contributed by atoms with van der Waals surface area (Å²) in [6.45, 7) is 0.541. The Kier molecular flexibility index (Phi) is 13.8. The van der Waals surface area contributed by atoms with Gasteiger partial charge in [0, 0.05) is 18.6 Å². The average Bonchev–Trinajstić information content (AvgIpc) is 2.95. The molecule has 2 heterocycles. The summed E-state index contributed by atoms with van der Waals surface area (Å²) in [5.41, 5.74) is 24.2. The van der Waals surface area contributed by atoms with Crippen molar-refractivity contribution in [3.63, 3.8) is 0 Å². The van der Waals surface area contributed by atoms with Crippen molar-refractivity contribution in [3.05, 3.63) is 0 Å². The summed E-state index contributed by atoms with van der Waals surface area (Å²) in [7, 11) is 0. The number of hydrogen-bond donors (Lipinski definition) is 12. The van der Waals surface area contributed by atoms with Gasteiger partial charge in [-0.05, 0) is 38.8 Å². The molecule has 0 spiro atoms. The minimum absolute atomic E-state index is 0.162. The van der Waals surface area contributed by atoms with Crippen molar-refractivity contribution in [2.45, 2.75) is 111 Å². The Bertz CT molecular complexity index is 728. The van der Waals surface area contributed by atoms with E-state index in [2.05, 4.69) is 10.6 Å². The first kappa shape index (κ1) is 33.9. The van der Waals surface area contributed by atoms with Crippen LogP contribution in [0.15, 0.2) is 0 Å². The number of nitrogens with one attached hydrogen (secondary N) is 2. The van der Waals surface area contributed by atoms with Gasteiger partial charge in [-0.2, -0.15) is 0 Å². The molecule has 3 aliphatic rings. The Hall–Kier alpha value is -0.640. The van der Waals surface area contributed by atoms with E-state index in [-0.39, 0.29) is 12.5 Å². The first-order chi connectivity index (χ1) is 19.1. The second-order valence-corrected chi connectivity index (χ2v) is 10.9. The van der Waals surface area contributed by atoms with Crippen LogP contribution in [0, 0.1) is 0 Å². The highest BCUT2D eigenvalue weighted by Gasteiger charge is 2.50. The summed E-state index contributed by atoms with van der Waals surface area (Å²) in [5.74, 6) is 0. The van der Waals surface area contributed by atoms with Crippen molar-refractivity contribution in [2.24, 2.45) is 22.9 Å². The predicted molar refractivity (Wildman–Crippen MR) is 141 cm³/mol. The molecule has 0 bridgehead atoms.